The minimum absolute atomic E-state index is 0. The van der Waals surface area contributed by atoms with Crippen molar-refractivity contribution in [2.75, 3.05) is 0 Å². The zero-order valence-corrected chi connectivity index (χ0v) is 25.3. The summed E-state index contributed by atoms with van der Waals surface area (Å²) in [6.45, 7) is 0. The number of carboxylic acid groups (broad SMARTS) is 4. The largest absolute Gasteiger partial charge is 2.00 e. The monoisotopic (exact) mass is 648 g/mol. The van der Waals surface area contributed by atoms with Crippen molar-refractivity contribution in [1.82, 2.24) is 30.4 Å². The number of aromatic amines is 4. The van der Waals surface area contributed by atoms with Crippen LogP contribution in [0.4, 0.5) is 0 Å². The van der Waals surface area contributed by atoms with Gasteiger partial charge in [0.1, 0.15) is 24.8 Å². The number of H-pyrrole nitrogens is 4. The Morgan fingerprint density at radius 3 is 1.05 bits per heavy atom. The molecule has 4 aromatic heterocycles. The van der Waals surface area contributed by atoms with Crippen LogP contribution in [0.3, 0.4) is 0 Å². The fraction of sp³-hybridized carbons (Fsp3) is 0. The number of imidazole rings is 2. The third kappa shape index (κ3) is 19.1. The van der Waals surface area contributed by atoms with Gasteiger partial charge in [-0.3, -0.25) is 19.9 Å². The van der Waals surface area contributed by atoms with E-state index < -0.39 is 46.7 Å². The number of nitrogens with one attached hydrogen (secondary N) is 4. The third-order valence-electron chi connectivity index (χ3n) is 2.80. The molecular formula is C16H24N8O12Zn2+4. The smallest absolute Gasteiger partial charge is 0.573 e. The van der Waals surface area contributed by atoms with Gasteiger partial charge < -0.3 is 81.9 Å². The Kier molecular flexibility index (Phi) is 32.1. The van der Waals surface area contributed by atoms with E-state index in [1.165, 1.54) is 0 Å². The SMILES string of the molecule is O=C([O-])c1cc(C(=O)[O-])[n-]n1.O=C([O-])c1cc(C(=O)[O-])[n-]n1.[OH3+].[OH3+].[OH3+].[OH3+].[Zn+2].[Zn+2].c1c[nH+]c[nH]1.c1c[nH+]c[nH]1. The van der Waals surface area contributed by atoms with Crippen LogP contribution >= 0.6 is 0 Å². The molecule has 0 saturated heterocycles. The molecule has 0 spiro atoms. The maximum absolute atomic E-state index is 10.0. The molecule has 4 heterocycles. The van der Waals surface area contributed by atoms with Crippen molar-refractivity contribution >= 4 is 23.9 Å². The van der Waals surface area contributed by atoms with Gasteiger partial charge >= 0.3 is 39.0 Å². The van der Waals surface area contributed by atoms with Crippen molar-refractivity contribution in [3.63, 3.8) is 0 Å². The van der Waals surface area contributed by atoms with Gasteiger partial charge in [0.25, 0.3) is 0 Å². The quantitative estimate of drug-likeness (QED) is 0.153. The van der Waals surface area contributed by atoms with Crippen LogP contribution in [0.5, 0.6) is 0 Å². The molecule has 0 radical (unpaired) electrons. The molecule has 4 rings (SSSR count). The minimum Gasteiger partial charge on any atom is -0.573 e. The molecule has 0 bridgehead atoms. The van der Waals surface area contributed by atoms with Crippen LogP contribution in [0.15, 0.2) is 49.6 Å². The van der Waals surface area contributed by atoms with Crippen LogP contribution in [0.1, 0.15) is 42.0 Å². The Labute approximate surface area is 236 Å². The number of hydrogen-bond acceptors (Lipinski definition) is 10. The molecule has 200 valence electrons. The Hall–Kier alpha value is -4.19. The van der Waals surface area contributed by atoms with Gasteiger partial charge in [0.05, 0.1) is 35.3 Å². The zero-order valence-electron chi connectivity index (χ0n) is 19.4. The van der Waals surface area contributed by atoms with E-state index in [-0.39, 0.29) is 60.9 Å². The third-order valence-corrected chi connectivity index (χ3v) is 2.80. The molecule has 0 atom stereocenters. The van der Waals surface area contributed by atoms with Gasteiger partial charge in [0, 0.05) is 0 Å². The number of aromatic carboxylic acids is 4. The first-order valence-electron chi connectivity index (χ1n) is 8.06. The van der Waals surface area contributed by atoms with Crippen molar-refractivity contribution < 1.29 is 110 Å². The molecule has 0 aliphatic carbocycles. The van der Waals surface area contributed by atoms with Gasteiger partial charge in [0.15, 0.2) is 0 Å². The first kappa shape index (κ1) is 47.1. The van der Waals surface area contributed by atoms with Gasteiger partial charge in [0.2, 0.25) is 12.7 Å². The van der Waals surface area contributed by atoms with E-state index in [9.17, 15) is 39.6 Å². The number of rotatable bonds is 4. The van der Waals surface area contributed by atoms with Crippen molar-refractivity contribution in [2.45, 2.75) is 0 Å². The second-order valence-corrected chi connectivity index (χ2v) is 5.00. The minimum atomic E-state index is -1.56. The number of aromatic nitrogens is 8. The molecule has 0 unspecified atom stereocenters. The van der Waals surface area contributed by atoms with E-state index in [1.54, 1.807) is 12.7 Å². The second-order valence-electron chi connectivity index (χ2n) is 5.00. The predicted molar refractivity (Wildman–Crippen MR) is 107 cm³/mol. The molecule has 16 N–H and O–H groups in total. The van der Waals surface area contributed by atoms with Crippen LogP contribution in [0.2, 0.25) is 0 Å². The summed E-state index contributed by atoms with van der Waals surface area (Å²) in [5.74, 6) is -6.26. The fourth-order valence-corrected chi connectivity index (χ4v) is 1.47. The summed E-state index contributed by atoms with van der Waals surface area (Å²) < 4.78 is 0. The number of carbonyl (C=O) groups is 4. The van der Waals surface area contributed by atoms with E-state index in [1.807, 2.05) is 24.8 Å². The predicted octanol–water partition coefficient (Wildman–Crippen LogP) is -10.5. The van der Waals surface area contributed by atoms with E-state index in [0.29, 0.717) is 0 Å². The van der Waals surface area contributed by atoms with E-state index in [2.05, 4.69) is 40.3 Å². The first-order chi connectivity index (χ1) is 15.2. The average Bonchev–Trinajstić information content (AvgIpc) is 3.56. The molecule has 0 fully saturated rings. The van der Waals surface area contributed by atoms with Crippen molar-refractivity contribution in [3.05, 3.63) is 72.4 Å². The molecule has 0 amide bonds. The Balaban J connectivity index is -0.0000000894. The first-order valence-corrected chi connectivity index (χ1v) is 8.06. The molecule has 0 aliphatic heterocycles. The van der Waals surface area contributed by atoms with Gasteiger partial charge in [-0.05, 0) is 12.1 Å². The van der Waals surface area contributed by atoms with Crippen molar-refractivity contribution in [2.24, 2.45) is 0 Å². The van der Waals surface area contributed by atoms with Crippen LogP contribution in [0.25, 0.3) is 0 Å². The Bertz CT molecular complexity index is 940. The number of carbonyl (C=O) groups excluding carboxylic acids is 4. The summed E-state index contributed by atoms with van der Waals surface area (Å²) >= 11 is 0. The normalized spacial score (nSPS) is 7.58. The maximum Gasteiger partial charge on any atom is 2.00 e. The average molecular weight is 651 g/mol. The molecule has 20 nitrogen and oxygen atoms in total. The summed E-state index contributed by atoms with van der Waals surface area (Å²) in [5.41, 5.74) is -2.04. The van der Waals surface area contributed by atoms with Gasteiger partial charge in [-0.25, -0.2) is 0 Å². The molecular weight excluding hydrogens is 627 g/mol. The van der Waals surface area contributed by atoms with Crippen LogP contribution in [0, 0.1) is 0 Å². The van der Waals surface area contributed by atoms with Crippen molar-refractivity contribution in [3.8, 4) is 0 Å². The van der Waals surface area contributed by atoms with E-state index in [0.717, 1.165) is 12.1 Å². The molecule has 0 saturated carbocycles. The summed E-state index contributed by atoms with van der Waals surface area (Å²) in [6.07, 6.45) is 10.8. The standard InChI is InChI=1S/2C5H4N2O4.2C3H4N2.4H2O.2Zn/c2*8-4(9)2-1-3(5(10)11)7-6-2;2*1-2-5-3-4-1;;;;;;/h2*1H,(H3,6,7,8,9,10,11);2*1-3H,(H,4,5);4*1H2;;/q;;;;;;;;2*+2. The molecule has 22 heteroatoms. The van der Waals surface area contributed by atoms with Gasteiger partial charge in [-0.1, -0.05) is 11.4 Å². The molecule has 4 aromatic rings. The zero-order chi connectivity index (χ0) is 23.9. The number of carboxylic acids is 4. The summed E-state index contributed by atoms with van der Waals surface area (Å²) in [6, 6.07) is 1.54. The van der Waals surface area contributed by atoms with E-state index in [4.69, 9.17) is 0 Å². The van der Waals surface area contributed by atoms with Gasteiger partial charge in [-0.15, -0.1) is 0 Å². The topological polar surface area (TPSA) is 406 Å². The number of nitrogens with zero attached hydrogens (tertiary/aromatic N) is 4. The Morgan fingerprint density at radius 2 is 0.947 bits per heavy atom. The van der Waals surface area contributed by atoms with Crippen molar-refractivity contribution in [1.29, 1.82) is 0 Å². The summed E-state index contributed by atoms with van der Waals surface area (Å²) in [4.78, 5) is 51.3. The molecule has 0 aliphatic rings. The second kappa shape index (κ2) is 25.9. The number of hydrogen-bond donors (Lipinski definition) is 2. The summed E-state index contributed by atoms with van der Waals surface area (Å²) in [7, 11) is 0. The Morgan fingerprint density at radius 1 is 0.632 bits per heavy atom. The van der Waals surface area contributed by atoms with Gasteiger partial charge in [-0.2, -0.15) is 0 Å². The van der Waals surface area contributed by atoms with Crippen LogP contribution < -0.4 is 40.6 Å². The fourth-order valence-electron chi connectivity index (χ4n) is 1.47. The molecule has 0 aromatic carbocycles. The molecule has 38 heavy (non-hydrogen) atoms. The van der Waals surface area contributed by atoms with E-state index >= 15 is 0 Å². The summed E-state index contributed by atoms with van der Waals surface area (Å²) in [5, 5.41) is 52.1. The van der Waals surface area contributed by atoms with Crippen LogP contribution in [-0.2, 0) is 60.9 Å². The van der Waals surface area contributed by atoms with Crippen LogP contribution in [-0.4, -0.2) is 44.0 Å². The maximum atomic E-state index is 10.0.